The van der Waals surface area contributed by atoms with E-state index in [4.69, 9.17) is 5.11 Å². The van der Waals surface area contributed by atoms with E-state index in [0.717, 1.165) is 10.7 Å². The number of hydrogen-bond acceptors (Lipinski definition) is 4. The zero-order valence-corrected chi connectivity index (χ0v) is 11.6. The van der Waals surface area contributed by atoms with Crippen LogP contribution in [0.15, 0.2) is 0 Å². The van der Waals surface area contributed by atoms with Gasteiger partial charge in [-0.3, -0.25) is 4.79 Å². The van der Waals surface area contributed by atoms with Gasteiger partial charge in [-0.15, -0.1) is 0 Å². The van der Waals surface area contributed by atoms with Crippen LogP contribution in [0.25, 0.3) is 0 Å². The summed E-state index contributed by atoms with van der Waals surface area (Å²) in [6.45, 7) is 1.12. The molecule has 8 heteroatoms. The van der Waals surface area contributed by atoms with Gasteiger partial charge in [-0.05, 0) is 33.4 Å². The molecule has 0 saturated carbocycles. The molecule has 0 aliphatic carbocycles. The molecule has 1 fully saturated rings. The number of aliphatic carboxylic acids is 1. The summed E-state index contributed by atoms with van der Waals surface area (Å²) in [4.78, 5) is 12.9. The molecule has 0 amide bonds. The molecule has 0 aromatic carbocycles. The molecule has 0 radical (unpaired) electrons. The van der Waals surface area contributed by atoms with Crippen molar-refractivity contribution in [2.24, 2.45) is 0 Å². The van der Waals surface area contributed by atoms with E-state index in [2.05, 4.69) is 4.72 Å². The van der Waals surface area contributed by atoms with E-state index in [9.17, 15) is 13.2 Å². The molecule has 18 heavy (non-hydrogen) atoms. The molecule has 0 aromatic rings. The van der Waals surface area contributed by atoms with Crippen LogP contribution in [0.4, 0.5) is 0 Å². The van der Waals surface area contributed by atoms with Gasteiger partial charge in [0.25, 0.3) is 10.2 Å². The van der Waals surface area contributed by atoms with Crippen molar-refractivity contribution in [2.45, 2.75) is 25.3 Å². The highest BCUT2D eigenvalue weighted by molar-refractivity contribution is 7.87. The Hall–Kier alpha value is -0.700. The van der Waals surface area contributed by atoms with Crippen molar-refractivity contribution in [2.75, 3.05) is 33.7 Å². The number of carboxylic acid groups (broad SMARTS) is 1. The average molecular weight is 279 g/mol. The molecular weight excluding hydrogens is 258 g/mol. The third kappa shape index (κ3) is 4.20. The number of hydrogen-bond donors (Lipinski definition) is 2. The third-order valence-electron chi connectivity index (χ3n) is 2.89. The Morgan fingerprint density at radius 3 is 2.67 bits per heavy atom. The lowest BCUT2D eigenvalue weighted by atomic mass is 10.1. The number of nitrogens with zero attached hydrogens (tertiary/aromatic N) is 2. The van der Waals surface area contributed by atoms with Crippen LogP contribution in [0.5, 0.6) is 0 Å². The minimum atomic E-state index is -3.70. The molecule has 1 aliphatic heterocycles. The lowest BCUT2D eigenvalue weighted by Gasteiger charge is -2.31. The van der Waals surface area contributed by atoms with E-state index >= 15 is 0 Å². The standard InChI is InChI=1S/C10H21N3O4S/c1-12(2)8-6-11-18(16,17)13-7-4-3-5-9(13)10(14)15/h9,11H,3-8H2,1-2H3,(H,14,15). The van der Waals surface area contributed by atoms with Crippen LogP contribution in [0.2, 0.25) is 0 Å². The van der Waals surface area contributed by atoms with Gasteiger partial charge in [0.05, 0.1) is 0 Å². The Kier molecular flexibility index (Phi) is 5.51. The Morgan fingerprint density at radius 1 is 1.44 bits per heavy atom. The lowest BCUT2D eigenvalue weighted by Crippen LogP contribution is -2.52. The van der Waals surface area contributed by atoms with Gasteiger partial charge in [-0.2, -0.15) is 12.7 Å². The number of carbonyl (C=O) groups is 1. The summed E-state index contributed by atoms with van der Waals surface area (Å²) in [5.41, 5.74) is 0. The third-order valence-corrected chi connectivity index (χ3v) is 4.51. The van der Waals surface area contributed by atoms with Gasteiger partial charge >= 0.3 is 5.97 Å². The van der Waals surface area contributed by atoms with Crippen LogP contribution in [0.3, 0.4) is 0 Å². The van der Waals surface area contributed by atoms with Crippen molar-refractivity contribution in [3.63, 3.8) is 0 Å². The summed E-state index contributed by atoms with van der Waals surface area (Å²) in [6.07, 6.45) is 1.84. The predicted octanol–water partition coefficient (Wildman–Crippen LogP) is -0.678. The summed E-state index contributed by atoms with van der Waals surface area (Å²) in [7, 11) is -0.0123. The van der Waals surface area contributed by atoms with Gasteiger partial charge in [0.2, 0.25) is 0 Å². The Morgan fingerprint density at radius 2 is 2.11 bits per heavy atom. The largest absolute Gasteiger partial charge is 0.480 e. The van der Waals surface area contributed by atoms with Crippen LogP contribution < -0.4 is 4.72 Å². The predicted molar refractivity (Wildman–Crippen MR) is 67.5 cm³/mol. The molecule has 0 aromatic heterocycles. The minimum Gasteiger partial charge on any atom is -0.480 e. The second-order valence-electron chi connectivity index (χ2n) is 4.66. The summed E-state index contributed by atoms with van der Waals surface area (Å²) in [5.74, 6) is -1.08. The van der Waals surface area contributed by atoms with Gasteiger partial charge in [-0.25, -0.2) is 4.72 Å². The van der Waals surface area contributed by atoms with E-state index in [1.54, 1.807) is 0 Å². The number of piperidine rings is 1. The number of likely N-dealkylation sites (N-methyl/N-ethyl adjacent to an activating group) is 1. The molecule has 1 heterocycles. The molecule has 1 aliphatic rings. The van der Waals surface area contributed by atoms with Crippen molar-refractivity contribution in [1.82, 2.24) is 13.9 Å². The summed E-state index contributed by atoms with van der Waals surface area (Å²) < 4.78 is 27.5. The molecular formula is C10H21N3O4S. The van der Waals surface area contributed by atoms with Crippen molar-refractivity contribution < 1.29 is 18.3 Å². The van der Waals surface area contributed by atoms with E-state index in [0.29, 0.717) is 19.4 Å². The highest BCUT2D eigenvalue weighted by Gasteiger charge is 2.36. The van der Waals surface area contributed by atoms with Gasteiger partial charge in [0.1, 0.15) is 6.04 Å². The normalized spacial score (nSPS) is 22.3. The first-order valence-corrected chi connectivity index (χ1v) is 7.42. The second kappa shape index (κ2) is 6.46. The quantitative estimate of drug-likeness (QED) is 0.672. The lowest BCUT2D eigenvalue weighted by molar-refractivity contribution is -0.142. The number of carboxylic acids is 1. The Labute approximate surface area is 108 Å². The molecule has 7 nitrogen and oxygen atoms in total. The van der Waals surface area contributed by atoms with Crippen LogP contribution in [-0.2, 0) is 15.0 Å². The van der Waals surface area contributed by atoms with Gasteiger partial charge in [-0.1, -0.05) is 0 Å². The summed E-state index contributed by atoms with van der Waals surface area (Å²) in [5, 5.41) is 9.04. The first kappa shape index (κ1) is 15.4. The SMILES string of the molecule is CN(C)CCNS(=O)(=O)N1CCCCC1C(=O)O. The zero-order chi connectivity index (χ0) is 13.8. The maximum absolute atomic E-state index is 12.0. The van der Waals surface area contributed by atoms with E-state index in [-0.39, 0.29) is 13.1 Å². The highest BCUT2D eigenvalue weighted by atomic mass is 32.2. The van der Waals surface area contributed by atoms with E-state index in [1.165, 1.54) is 0 Å². The van der Waals surface area contributed by atoms with E-state index in [1.807, 2.05) is 19.0 Å². The summed E-state index contributed by atoms with van der Waals surface area (Å²) >= 11 is 0. The fourth-order valence-electron chi connectivity index (χ4n) is 1.92. The zero-order valence-electron chi connectivity index (χ0n) is 10.8. The summed E-state index contributed by atoms with van der Waals surface area (Å²) in [6, 6.07) is -0.935. The molecule has 1 saturated heterocycles. The maximum atomic E-state index is 12.0. The van der Waals surface area contributed by atoms with E-state index < -0.39 is 22.2 Å². The molecule has 0 bridgehead atoms. The number of rotatable bonds is 6. The first-order valence-electron chi connectivity index (χ1n) is 5.98. The monoisotopic (exact) mass is 279 g/mol. The molecule has 2 N–H and O–H groups in total. The maximum Gasteiger partial charge on any atom is 0.322 e. The first-order chi connectivity index (χ1) is 8.34. The van der Waals surface area contributed by atoms with Crippen LogP contribution in [0, 0.1) is 0 Å². The van der Waals surface area contributed by atoms with Gasteiger partial charge in [0, 0.05) is 19.6 Å². The van der Waals surface area contributed by atoms with Crippen molar-refractivity contribution in [3.8, 4) is 0 Å². The van der Waals surface area contributed by atoms with Crippen LogP contribution >= 0.6 is 0 Å². The molecule has 1 atom stereocenters. The highest BCUT2D eigenvalue weighted by Crippen LogP contribution is 2.19. The second-order valence-corrected chi connectivity index (χ2v) is 6.37. The smallest absolute Gasteiger partial charge is 0.322 e. The van der Waals surface area contributed by atoms with Crippen LogP contribution in [0.1, 0.15) is 19.3 Å². The van der Waals surface area contributed by atoms with Gasteiger partial charge in [0.15, 0.2) is 0 Å². The van der Waals surface area contributed by atoms with Crippen LogP contribution in [-0.4, -0.2) is 68.5 Å². The van der Waals surface area contributed by atoms with Crippen molar-refractivity contribution in [3.05, 3.63) is 0 Å². The minimum absolute atomic E-state index is 0.272. The Bertz CT molecular complexity index is 383. The topological polar surface area (TPSA) is 90.0 Å². The fraction of sp³-hybridized carbons (Fsp3) is 0.900. The molecule has 106 valence electrons. The average Bonchev–Trinajstić information content (AvgIpc) is 2.28. The fourth-order valence-corrected chi connectivity index (χ4v) is 3.34. The number of nitrogens with one attached hydrogen (secondary N) is 1. The van der Waals surface area contributed by atoms with Crippen molar-refractivity contribution in [1.29, 1.82) is 0 Å². The van der Waals surface area contributed by atoms with Gasteiger partial charge < -0.3 is 10.0 Å². The van der Waals surface area contributed by atoms with Crippen molar-refractivity contribution >= 4 is 16.2 Å². The Balaban J connectivity index is 2.66. The molecule has 0 spiro atoms. The molecule has 1 rings (SSSR count). The molecule has 1 unspecified atom stereocenters.